The maximum atomic E-state index is 12.8. The molecule has 31 heavy (non-hydrogen) atoms. The van der Waals surface area contributed by atoms with E-state index in [2.05, 4.69) is 15.5 Å². The van der Waals surface area contributed by atoms with E-state index in [9.17, 15) is 13.2 Å². The largest absolute Gasteiger partial charge is 0.497 e. The molecule has 1 aromatic heterocycles. The van der Waals surface area contributed by atoms with Crippen LogP contribution in [0.25, 0.3) is 10.6 Å². The highest BCUT2D eigenvalue weighted by Gasteiger charge is 2.30. The van der Waals surface area contributed by atoms with E-state index in [1.807, 2.05) is 19.1 Å². The van der Waals surface area contributed by atoms with Crippen molar-refractivity contribution >= 4 is 49.7 Å². The highest BCUT2D eigenvalue weighted by molar-refractivity contribution is 7.92. The van der Waals surface area contributed by atoms with Crippen molar-refractivity contribution in [1.29, 1.82) is 0 Å². The fraction of sp³-hybridized carbons (Fsp3) is 0.250. The highest BCUT2D eigenvalue weighted by atomic mass is 35.5. The number of hydrogen-bond acceptors (Lipinski definition) is 7. The van der Waals surface area contributed by atoms with Gasteiger partial charge in [-0.15, -0.1) is 10.2 Å². The van der Waals surface area contributed by atoms with Crippen LogP contribution in [0.5, 0.6) is 5.75 Å². The van der Waals surface area contributed by atoms with E-state index >= 15 is 0 Å². The Morgan fingerprint density at radius 2 is 1.87 bits per heavy atom. The van der Waals surface area contributed by atoms with Crippen LogP contribution in [0.4, 0.5) is 10.8 Å². The van der Waals surface area contributed by atoms with Gasteiger partial charge in [0, 0.05) is 10.6 Å². The molecule has 0 aliphatic rings. The molecule has 1 amide bonds. The molecule has 0 radical (unpaired) electrons. The highest BCUT2D eigenvalue weighted by Crippen LogP contribution is 2.29. The van der Waals surface area contributed by atoms with Gasteiger partial charge in [0.2, 0.25) is 21.1 Å². The third-order valence-corrected chi connectivity index (χ3v) is 7.03. The van der Waals surface area contributed by atoms with Crippen LogP contribution in [0.15, 0.2) is 42.5 Å². The molecule has 1 heterocycles. The van der Waals surface area contributed by atoms with Crippen LogP contribution in [-0.2, 0) is 14.8 Å². The molecule has 1 atom stereocenters. The molecule has 0 spiro atoms. The third kappa shape index (κ3) is 5.33. The summed E-state index contributed by atoms with van der Waals surface area (Å²) in [5.41, 5.74) is 1.92. The van der Waals surface area contributed by atoms with Crippen LogP contribution in [0, 0.1) is 6.92 Å². The minimum Gasteiger partial charge on any atom is -0.497 e. The summed E-state index contributed by atoms with van der Waals surface area (Å²) in [5, 5.41) is 12.0. The molecule has 0 saturated carbocycles. The predicted octanol–water partition coefficient (Wildman–Crippen LogP) is 3.97. The van der Waals surface area contributed by atoms with Crippen molar-refractivity contribution in [3.63, 3.8) is 0 Å². The number of carbonyl (C=O) groups excluding carboxylic acids is 1. The van der Waals surface area contributed by atoms with E-state index in [1.165, 1.54) is 24.3 Å². The molecular formula is C20H21ClN4O4S2. The van der Waals surface area contributed by atoms with E-state index in [0.29, 0.717) is 21.5 Å². The number of aryl methyl sites for hydroxylation is 1. The zero-order chi connectivity index (χ0) is 22.8. The van der Waals surface area contributed by atoms with Crippen LogP contribution in [0.3, 0.4) is 0 Å². The Balaban J connectivity index is 1.81. The average molecular weight is 481 g/mol. The van der Waals surface area contributed by atoms with Crippen molar-refractivity contribution in [3.05, 3.63) is 53.1 Å². The van der Waals surface area contributed by atoms with Gasteiger partial charge in [-0.25, -0.2) is 8.42 Å². The standard InChI is InChI=1S/C20H21ClN4O4S2/c1-12-5-8-15(11-17(12)21)25(31(4,27)28)13(2)18(26)22-20-24-23-19(30-20)14-6-9-16(29-3)10-7-14/h5-11,13H,1-4H3,(H,22,24,26)/t13-/m0/s1. The number of nitrogens with zero attached hydrogens (tertiary/aromatic N) is 3. The lowest BCUT2D eigenvalue weighted by Crippen LogP contribution is -2.45. The van der Waals surface area contributed by atoms with Crippen molar-refractivity contribution < 1.29 is 17.9 Å². The summed E-state index contributed by atoms with van der Waals surface area (Å²) in [4.78, 5) is 12.8. The van der Waals surface area contributed by atoms with E-state index in [0.717, 1.165) is 21.7 Å². The second-order valence-electron chi connectivity index (χ2n) is 6.80. The Bertz CT molecular complexity index is 1200. The van der Waals surface area contributed by atoms with Gasteiger partial charge in [-0.05, 0) is 55.8 Å². The third-order valence-electron chi connectivity index (χ3n) is 4.49. The number of hydrogen-bond donors (Lipinski definition) is 1. The maximum absolute atomic E-state index is 12.8. The number of benzene rings is 2. The summed E-state index contributed by atoms with van der Waals surface area (Å²) in [6, 6.07) is 11.1. The monoisotopic (exact) mass is 480 g/mol. The Kier molecular flexibility index (Phi) is 6.83. The fourth-order valence-electron chi connectivity index (χ4n) is 2.86. The lowest BCUT2D eigenvalue weighted by molar-refractivity contribution is -0.116. The van der Waals surface area contributed by atoms with Crippen molar-refractivity contribution in [1.82, 2.24) is 10.2 Å². The number of anilines is 2. The van der Waals surface area contributed by atoms with Crippen LogP contribution in [0.1, 0.15) is 12.5 Å². The van der Waals surface area contributed by atoms with Gasteiger partial charge >= 0.3 is 0 Å². The quantitative estimate of drug-likeness (QED) is 0.549. The van der Waals surface area contributed by atoms with Crippen LogP contribution >= 0.6 is 22.9 Å². The Morgan fingerprint density at radius 1 is 1.19 bits per heavy atom. The summed E-state index contributed by atoms with van der Waals surface area (Å²) in [7, 11) is -2.18. The number of amides is 1. The summed E-state index contributed by atoms with van der Waals surface area (Å²) in [5.74, 6) is 0.173. The van der Waals surface area contributed by atoms with E-state index in [4.69, 9.17) is 16.3 Å². The van der Waals surface area contributed by atoms with Crippen LogP contribution < -0.4 is 14.4 Å². The zero-order valence-electron chi connectivity index (χ0n) is 17.3. The van der Waals surface area contributed by atoms with Gasteiger partial charge in [0.25, 0.3) is 0 Å². The normalized spacial score (nSPS) is 12.3. The van der Waals surface area contributed by atoms with Gasteiger partial charge in [0.15, 0.2) is 0 Å². The molecule has 0 aliphatic carbocycles. The summed E-state index contributed by atoms with van der Waals surface area (Å²) >= 11 is 7.34. The molecule has 164 valence electrons. The van der Waals surface area contributed by atoms with Crippen LogP contribution in [0.2, 0.25) is 5.02 Å². The number of ether oxygens (including phenoxy) is 1. The van der Waals surface area contributed by atoms with Gasteiger partial charge in [-0.3, -0.25) is 14.4 Å². The van der Waals surface area contributed by atoms with E-state index in [-0.39, 0.29) is 5.13 Å². The fourth-order valence-corrected chi connectivity index (χ4v) is 4.95. The van der Waals surface area contributed by atoms with Gasteiger partial charge in [0.1, 0.15) is 16.8 Å². The smallest absolute Gasteiger partial charge is 0.249 e. The lowest BCUT2D eigenvalue weighted by Gasteiger charge is -2.28. The number of sulfonamides is 1. The van der Waals surface area contributed by atoms with Crippen molar-refractivity contribution in [3.8, 4) is 16.3 Å². The molecule has 3 rings (SSSR count). The van der Waals surface area contributed by atoms with Crippen molar-refractivity contribution in [2.45, 2.75) is 19.9 Å². The first-order valence-electron chi connectivity index (χ1n) is 9.14. The lowest BCUT2D eigenvalue weighted by atomic mass is 10.2. The number of aromatic nitrogens is 2. The predicted molar refractivity (Wildman–Crippen MR) is 124 cm³/mol. The van der Waals surface area contributed by atoms with Gasteiger partial charge in [-0.1, -0.05) is 29.0 Å². The summed E-state index contributed by atoms with van der Waals surface area (Å²) in [6.07, 6.45) is 1.04. The molecule has 0 bridgehead atoms. The molecule has 0 saturated heterocycles. The summed E-state index contributed by atoms with van der Waals surface area (Å²) in [6.45, 7) is 3.30. The number of halogens is 1. The summed E-state index contributed by atoms with van der Waals surface area (Å²) < 4.78 is 31.0. The minimum atomic E-state index is -3.76. The number of nitrogens with one attached hydrogen (secondary N) is 1. The topological polar surface area (TPSA) is 101 Å². The second-order valence-corrected chi connectivity index (χ2v) is 10.0. The SMILES string of the molecule is COc1ccc(-c2nnc(NC(=O)[C@H](C)N(c3ccc(C)c(Cl)c3)S(C)(=O)=O)s2)cc1. The first kappa shape index (κ1) is 23.0. The van der Waals surface area contributed by atoms with Gasteiger partial charge in [-0.2, -0.15) is 0 Å². The van der Waals surface area contributed by atoms with Crippen molar-refractivity contribution in [2.24, 2.45) is 0 Å². The number of rotatable bonds is 7. The number of methoxy groups -OCH3 is 1. The Labute approximate surface area is 189 Å². The average Bonchev–Trinajstić information content (AvgIpc) is 3.18. The van der Waals surface area contributed by atoms with E-state index < -0.39 is 22.0 Å². The molecular weight excluding hydrogens is 460 g/mol. The second kappa shape index (κ2) is 9.21. The zero-order valence-corrected chi connectivity index (χ0v) is 19.7. The minimum absolute atomic E-state index is 0.262. The van der Waals surface area contributed by atoms with Gasteiger partial charge < -0.3 is 4.74 Å². The molecule has 0 fully saturated rings. The maximum Gasteiger partial charge on any atom is 0.249 e. The molecule has 8 nitrogen and oxygen atoms in total. The van der Waals surface area contributed by atoms with Crippen LogP contribution in [-0.4, -0.2) is 43.9 Å². The Morgan fingerprint density at radius 3 is 2.45 bits per heavy atom. The molecule has 0 unspecified atom stereocenters. The molecule has 11 heteroatoms. The van der Waals surface area contributed by atoms with E-state index in [1.54, 1.807) is 31.4 Å². The first-order valence-corrected chi connectivity index (χ1v) is 12.2. The number of carbonyl (C=O) groups is 1. The molecule has 3 aromatic rings. The van der Waals surface area contributed by atoms with Gasteiger partial charge in [0.05, 0.1) is 19.1 Å². The van der Waals surface area contributed by atoms with Crippen molar-refractivity contribution in [2.75, 3.05) is 23.0 Å². The first-order chi connectivity index (χ1) is 14.6. The Hall–Kier alpha value is -2.69. The molecule has 2 aromatic carbocycles. The molecule has 1 N–H and O–H groups in total. The molecule has 0 aliphatic heterocycles.